The summed E-state index contributed by atoms with van der Waals surface area (Å²) in [5.74, 6) is -1.49. The van der Waals surface area contributed by atoms with Gasteiger partial charge in [0, 0.05) is 0 Å². The van der Waals surface area contributed by atoms with E-state index in [0.717, 1.165) is 6.92 Å². The van der Waals surface area contributed by atoms with Crippen LogP contribution in [0.15, 0.2) is 12.7 Å². The van der Waals surface area contributed by atoms with Crippen LogP contribution in [0.25, 0.3) is 0 Å². The van der Waals surface area contributed by atoms with Crippen LogP contribution in [-0.4, -0.2) is 17.3 Å². The molecule has 0 aromatic heterocycles. The number of alkyl halides is 3. The van der Waals surface area contributed by atoms with Crippen LogP contribution in [0.4, 0.5) is 13.2 Å². The minimum Gasteiger partial charge on any atom is -0.481 e. The smallest absolute Gasteiger partial charge is 0.398 e. The zero-order chi connectivity index (χ0) is 9.99. The zero-order valence-corrected chi connectivity index (χ0v) is 6.48. The van der Waals surface area contributed by atoms with Gasteiger partial charge in [0.2, 0.25) is 0 Å². The number of hydrogen-bond acceptors (Lipinski definition) is 1. The van der Waals surface area contributed by atoms with E-state index in [4.69, 9.17) is 5.11 Å². The fourth-order valence-corrected chi connectivity index (χ4v) is 0.602. The Hall–Kier alpha value is -1.00. The highest BCUT2D eigenvalue weighted by atomic mass is 19.4. The predicted octanol–water partition coefficient (Wildman–Crippen LogP) is 2.22. The van der Waals surface area contributed by atoms with Crippen molar-refractivity contribution in [3.63, 3.8) is 0 Å². The zero-order valence-electron chi connectivity index (χ0n) is 6.48. The van der Waals surface area contributed by atoms with Gasteiger partial charge >= 0.3 is 12.1 Å². The lowest BCUT2D eigenvalue weighted by Gasteiger charge is -2.26. The fourth-order valence-electron chi connectivity index (χ4n) is 0.602. The van der Waals surface area contributed by atoms with Gasteiger partial charge in [0.15, 0.2) is 0 Å². The summed E-state index contributed by atoms with van der Waals surface area (Å²) < 4.78 is 36.4. The van der Waals surface area contributed by atoms with E-state index in [-0.39, 0.29) is 0 Å². The molecule has 5 heteroatoms. The molecule has 0 fully saturated rings. The molecule has 0 aromatic carbocycles. The first-order valence-electron chi connectivity index (χ1n) is 3.15. The minimum atomic E-state index is -4.56. The highest BCUT2D eigenvalue weighted by molar-refractivity contribution is 5.68. The standard InChI is InChI=1S/C7H9F3O2/c1-3-6(2,4-5(11)12)7(8,9)10/h3H,1,4H2,2H3,(H,11,12). The van der Waals surface area contributed by atoms with E-state index in [1.165, 1.54) is 0 Å². The Bertz CT molecular complexity index is 197. The quantitative estimate of drug-likeness (QED) is 0.679. The molecule has 0 bridgehead atoms. The Labute approximate surface area is 67.7 Å². The van der Waals surface area contributed by atoms with E-state index < -0.39 is 24.0 Å². The molecule has 0 aliphatic rings. The first kappa shape index (κ1) is 11.0. The molecule has 0 rings (SSSR count). The van der Waals surface area contributed by atoms with Gasteiger partial charge in [-0.05, 0) is 6.92 Å². The van der Waals surface area contributed by atoms with E-state index in [1.807, 2.05) is 0 Å². The van der Waals surface area contributed by atoms with E-state index >= 15 is 0 Å². The molecule has 0 heterocycles. The molecule has 70 valence electrons. The van der Waals surface area contributed by atoms with Crippen molar-refractivity contribution < 1.29 is 23.1 Å². The number of carboxylic acid groups (broad SMARTS) is 1. The molecule has 0 radical (unpaired) electrons. The Kier molecular flexibility index (Phi) is 2.90. The molecule has 12 heavy (non-hydrogen) atoms. The maximum absolute atomic E-state index is 12.1. The summed E-state index contributed by atoms with van der Waals surface area (Å²) in [6.07, 6.45) is -4.94. The average Bonchev–Trinajstić information content (AvgIpc) is 1.83. The van der Waals surface area contributed by atoms with Gasteiger partial charge in [0.25, 0.3) is 0 Å². The molecule has 0 spiro atoms. The van der Waals surface area contributed by atoms with Crippen molar-refractivity contribution in [1.82, 2.24) is 0 Å². The van der Waals surface area contributed by atoms with Crippen molar-refractivity contribution >= 4 is 5.97 Å². The molecular formula is C7H9F3O2. The lowest BCUT2D eigenvalue weighted by Crippen LogP contribution is -2.35. The molecule has 0 saturated carbocycles. The summed E-state index contributed by atoms with van der Waals surface area (Å²) in [6, 6.07) is 0. The highest BCUT2D eigenvalue weighted by Gasteiger charge is 2.50. The maximum Gasteiger partial charge on any atom is 0.398 e. The maximum atomic E-state index is 12.1. The van der Waals surface area contributed by atoms with Crippen molar-refractivity contribution in [2.45, 2.75) is 19.5 Å². The van der Waals surface area contributed by atoms with Crippen molar-refractivity contribution in [2.24, 2.45) is 5.41 Å². The fraction of sp³-hybridized carbons (Fsp3) is 0.571. The summed E-state index contributed by atoms with van der Waals surface area (Å²) in [5.41, 5.74) is -2.33. The van der Waals surface area contributed by atoms with Crippen LogP contribution < -0.4 is 0 Å². The number of hydrogen-bond donors (Lipinski definition) is 1. The third kappa shape index (κ3) is 2.25. The number of halogens is 3. The Morgan fingerprint density at radius 3 is 2.08 bits per heavy atom. The van der Waals surface area contributed by atoms with Crippen LogP contribution in [0.2, 0.25) is 0 Å². The number of allylic oxidation sites excluding steroid dienone is 1. The number of carboxylic acids is 1. The van der Waals surface area contributed by atoms with E-state index in [2.05, 4.69) is 6.58 Å². The van der Waals surface area contributed by atoms with Gasteiger partial charge in [-0.15, -0.1) is 6.58 Å². The number of aliphatic carboxylic acids is 1. The minimum absolute atomic E-state index is 0.612. The second-order valence-electron chi connectivity index (χ2n) is 2.69. The van der Waals surface area contributed by atoms with Gasteiger partial charge in [0.05, 0.1) is 11.8 Å². The summed E-state index contributed by atoms with van der Waals surface area (Å²) >= 11 is 0. The van der Waals surface area contributed by atoms with Crippen LogP contribution in [0.1, 0.15) is 13.3 Å². The van der Waals surface area contributed by atoms with E-state index in [9.17, 15) is 18.0 Å². The highest BCUT2D eigenvalue weighted by Crippen LogP contribution is 2.41. The lowest BCUT2D eigenvalue weighted by molar-refractivity contribution is -0.205. The molecule has 1 N–H and O–H groups in total. The molecule has 0 amide bonds. The van der Waals surface area contributed by atoms with E-state index in [1.54, 1.807) is 0 Å². The van der Waals surface area contributed by atoms with Gasteiger partial charge in [-0.2, -0.15) is 13.2 Å². The largest absolute Gasteiger partial charge is 0.481 e. The second kappa shape index (κ2) is 3.16. The van der Waals surface area contributed by atoms with Crippen LogP contribution in [0, 0.1) is 5.41 Å². The van der Waals surface area contributed by atoms with Crippen molar-refractivity contribution in [1.29, 1.82) is 0 Å². The topological polar surface area (TPSA) is 37.3 Å². The van der Waals surface area contributed by atoms with Gasteiger partial charge in [-0.1, -0.05) is 6.08 Å². The van der Waals surface area contributed by atoms with Crippen LogP contribution in [0.3, 0.4) is 0 Å². The summed E-state index contributed by atoms with van der Waals surface area (Å²) in [5, 5.41) is 8.20. The van der Waals surface area contributed by atoms with Gasteiger partial charge < -0.3 is 5.11 Å². The third-order valence-corrected chi connectivity index (χ3v) is 1.62. The molecule has 2 nitrogen and oxygen atoms in total. The van der Waals surface area contributed by atoms with E-state index in [0.29, 0.717) is 6.08 Å². The lowest BCUT2D eigenvalue weighted by atomic mass is 9.86. The SMILES string of the molecule is C=CC(C)(CC(=O)O)C(F)(F)F. The molecular weight excluding hydrogens is 173 g/mol. The van der Waals surface area contributed by atoms with Crippen LogP contribution >= 0.6 is 0 Å². The summed E-state index contributed by atoms with van der Waals surface area (Å²) in [4.78, 5) is 10.1. The molecule has 0 aliphatic heterocycles. The summed E-state index contributed by atoms with van der Waals surface area (Å²) in [6.45, 7) is 3.77. The molecule has 0 saturated heterocycles. The van der Waals surface area contributed by atoms with Gasteiger partial charge in [0.1, 0.15) is 0 Å². The first-order valence-corrected chi connectivity index (χ1v) is 3.15. The number of rotatable bonds is 3. The molecule has 1 unspecified atom stereocenters. The number of carbonyl (C=O) groups is 1. The van der Waals surface area contributed by atoms with Crippen molar-refractivity contribution in [2.75, 3.05) is 0 Å². The average molecular weight is 182 g/mol. The third-order valence-electron chi connectivity index (χ3n) is 1.62. The Morgan fingerprint density at radius 2 is 2.00 bits per heavy atom. The Morgan fingerprint density at radius 1 is 1.58 bits per heavy atom. The molecule has 0 aliphatic carbocycles. The van der Waals surface area contributed by atoms with Crippen molar-refractivity contribution in [3.05, 3.63) is 12.7 Å². The second-order valence-corrected chi connectivity index (χ2v) is 2.69. The van der Waals surface area contributed by atoms with Gasteiger partial charge in [-0.25, -0.2) is 0 Å². The first-order chi connectivity index (χ1) is 5.23. The van der Waals surface area contributed by atoms with Crippen molar-refractivity contribution in [3.8, 4) is 0 Å². The molecule has 0 aromatic rings. The van der Waals surface area contributed by atoms with Crippen LogP contribution in [-0.2, 0) is 4.79 Å². The Balaban J connectivity index is 4.68. The monoisotopic (exact) mass is 182 g/mol. The van der Waals surface area contributed by atoms with Gasteiger partial charge in [-0.3, -0.25) is 4.79 Å². The normalized spacial score (nSPS) is 16.7. The van der Waals surface area contributed by atoms with Crippen LogP contribution in [0.5, 0.6) is 0 Å². The predicted molar refractivity (Wildman–Crippen MR) is 36.6 cm³/mol. The summed E-state index contributed by atoms with van der Waals surface area (Å²) in [7, 11) is 0. The molecule has 1 atom stereocenters.